The van der Waals surface area contributed by atoms with Crippen molar-refractivity contribution in [1.29, 1.82) is 0 Å². The van der Waals surface area contributed by atoms with Gasteiger partial charge in [-0.15, -0.1) is 11.3 Å². The van der Waals surface area contributed by atoms with Crippen molar-refractivity contribution in [2.24, 2.45) is 0 Å². The van der Waals surface area contributed by atoms with Gasteiger partial charge in [0.1, 0.15) is 0 Å². The second-order valence-corrected chi connectivity index (χ2v) is 5.82. The first-order valence-electron chi connectivity index (χ1n) is 2.33. The third-order valence-corrected chi connectivity index (χ3v) is 4.64. The smallest absolute Gasteiger partial charge is 0.281 e. The van der Waals surface area contributed by atoms with Gasteiger partial charge in [-0.25, -0.2) is 0 Å². The van der Waals surface area contributed by atoms with Crippen LogP contribution in [-0.4, -0.2) is 13.0 Å². The lowest BCUT2D eigenvalue weighted by atomic mass is 10.7. The highest BCUT2D eigenvalue weighted by molar-refractivity contribution is 9.10. The van der Waals surface area contributed by atoms with Crippen LogP contribution in [0.1, 0.15) is 0 Å². The van der Waals surface area contributed by atoms with E-state index in [9.17, 15) is 8.42 Å². The van der Waals surface area contributed by atoms with Crippen molar-refractivity contribution in [2.75, 3.05) is 0 Å². The summed E-state index contributed by atoms with van der Waals surface area (Å²) in [5, 5.41) is 0. The summed E-state index contributed by atoms with van der Waals surface area (Å²) in [7, 11) is -4.13. The van der Waals surface area contributed by atoms with Crippen LogP contribution in [0, 0.1) is 0 Å². The van der Waals surface area contributed by atoms with E-state index in [0.29, 0.717) is 4.34 Å². The predicted molar refractivity (Wildman–Crippen MR) is 46.8 cm³/mol. The quantitative estimate of drug-likeness (QED) is 0.802. The van der Waals surface area contributed by atoms with Crippen molar-refractivity contribution in [2.45, 2.75) is 4.21 Å². The van der Waals surface area contributed by atoms with E-state index in [0.717, 1.165) is 11.3 Å². The largest absolute Gasteiger partial charge is 0.305 e. The lowest BCUT2D eigenvalue weighted by Gasteiger charge is -1.89. The third-order valence-electron chi connectivity index (χ3n) is 0.860. The topological polar surface area (TPSA) is 54.4 Å². The van der Waals surface area contributed by atoms with Crippen LogP contribution in [0.3, 0.4) is 0 Å². The summed E-state index contributed by atoms with van der Waals surface area (Å²) in [6.45, 7) is 0. The Morgan fingerprint density at radius 3 is 2.36 bits per heavy atom. The minimum absolute atomic E-state index is 0.164. The van der Waals surface area contributed by atoms with Gasteiger partial charge in [-0.1, -0.05) is 11.6 Å². The number of thiophene rings is 1. The van der Waals surface area contributed by atoms with Crippen molar-refractivity contribution in [3.63, 3.8) is 0 Å². The van der Waals surface area contributed by atoms with Crippen LogP contribution >= 0.6 is 38.9 Å². The van der Waals surface area contributed by atoms with E-state index in [1.807, 2.05) is 0 Å². The van der Waals surface area contributed by atoms with E-state index in [4.69, 9.17) is 16.2 Å². The van der Waals surface area contributed by atoms with Gasteiger partial charge in [-0.3, -0.25) is 4.55 Å². The summed E-state index contributed by atoms with van der Waals surface area (Å²) < 4.78 is 30.1. The highest BCUT2D eigenvalue weighted by atomic mass is 79.9. The fourth-order valence-electron chi connectivity index (χ4n) is 0.501. The summed E-state index contributed by atoms with van der Waals surface area (Å²) in [6, 6.07) is 1.41. The normalized spacial score (nSPS) is 11.9. The Kier molecular flexibility index (Phi) is 2.60. The minimum atomic E-state index is -4.13. The van der Waals surface area contributed by atoms with E-state index < -0.39 is 10.1 Å². The number of hydrogen-bond acceptors (Lipinski definition) is 3. The van der Waals surface area contributed by atoms with Crippen LogP contribution in [0.2, 0.25) is 4.34 Å². The lowest BCUT2D eigenvalue weighted by molar-refractivity contribution is 0.485. The summed E-state index contributed by atoms with van der Waals surface area (Å²) in [5.74, 6) is 0. The molecule has 0 bridgehead atoms. The van der Waals surface area contributed by atoms with Crippen molar-refractivity contribution in [1.82, 2.24) is 0 Å². The van der Waals surface area contributed by atoms with Crippen molar-refractivity contribution < 1.29 is 13.0 Å². The van der Waals surface area contributed by atoms with E-state index in [1.165, 1.54) is 6.07 Å². The van der Waals surface area contributed by atoms with Crippen molar-refractivity contribution >= 4 is 49.0 Å². The summed E-state index contributed by atoms with van der Waals surface area (Å²) in [6.07, 6.45) is 0. The molecule has 62 valence electrons. The van der Waals surface area contributed by atoms with Gasteiger partial charge in [0.2, 0.25) is 0 Å². The van der Waals surface area contributed by atoms with Crippen LogP contribution in [0.5, 0.6) is 0 Å². The number of rotatable bonds is 1. The lowest BCUT2D eigenvalue weighted by Crippen LogP contribution is -1.94. The third kappa shape index (κ3) is 2.16. The summed E-state index contributed by atoms with van der Waals surface area (Å²) >= 11 is 9.23. The van der Waals surface area contributed by atoms with E-state index >= 15 is 0 Å². The first kappa shape index (κ1) is 9.47. The van der Waals surface area contributed by atoms with E-state index in [1.54, 1.807) is 0 Å². The van der Waals surface area contributed by atoms with Crippen LogP contribution in [0.25, 0.3) is 0 Å². The van der Waals surface area contributed by atoms with Gasteiger partial charge in [-0.05, 0) is 22.0 Å². The molecule has 0 saturated carbocycles. The fraction of sp³-hybridized carbons (Fsp3) is 0. The monoisotopic (exact) mass is 276 g/mol. The molecule has 0 aromatic carbocycles. The fourth-order valence-corrected chi connectivity index (χ4v) is 3.85. The van der Waals surface area contributed by atoms with Gasteiger partial charge in [0.15, 0.2) is 4.21 Å². The van der Waals surface area contributed by atoms with Gasteiger partial charge in [-0.2, -0.15) is 8.42 Å². The zero-order valence-electron chi connectivity index (χ0n) is 4.91. The molecule has 7 heteroatoms. The SMILES string of the molecule is O=S(=O)(O)c1sc(Cl)cc1Br. The Labute approximate surface area is 80.9 Å². The molecule has 1 aromatic rings. The van der Waals surface area contributed by atoms with Crippen LogP contribution in [-0.2, 0) is 10.1 Å². The zero-order chi connectivity index (χ0) is 8.65. The zero-order valence-corrected chi connectivity index (χ0v) is 8.89. The molecule has 3 nitrogen and oxygen atoms in total. The first-order chi connectivity index (χ1) is 4.91. The molecule has 0 saturated heterocycles. The molecular formula is C4H2BrClO3S2. The first-order valence-corrected chi connectivity index (χ1v) is 5.76. The van der Waals surface area contributed by atoms with Gasteiger partial charge >= 0.3 is 10.1 Å². The molecule has 11 heavy (non-hydrogen) atoms. The molecule has 0 amide bonds. The molecule has 0 spiro atoms. The maximum Gasteiger partial charge on any atom is 0.305 e. The van der Waals surface area contributed by atoms with Crippen molar-refractivity contribution in [3.8, 4) is 0 Å². The minimum Gasteiger partial charge on any atom is -0.281 e. The standard InChI is InChI=1S/C4H2BrClO3S2/c5-2-1-3(6)10-4(2)11(7,8)9/h1H,(H,7,8,9). The summed E-state index contributed by atoms with van der Waals surface area (Å²) in [5.41, 5.74) is 0. The predicted octanol–water partition coefficient (Wildman–Crippen LogP) is 2.41. The molecule has 1 heterocycles. The molecule has 0 unspecified atom stereocenters. The molecule has 1 rings (SSSR count). The Bertz CT molecular complexity index is 369. The van der Waals surface area contributed by atoms with Gasteiger partial charge < -0.3 is 0 Å². The molecule has 1 N–H and O–H groups in total. The van der Waals surface area contributed by atoms with Crippen LogP contribution in [0.15, 0.2) is 14.7 Å². The number of hydrogen-bond donors (Lipinski definition) is 1. The van der Waals surface area contributed by atoms with Gasteiger partial charge in [0.05, 0.1) is 8.81 Å². The maximum atomic E-state index is 10.5. The highest BCUT2D eigenvalue weighted by Gasteiger charge is 2.17. The molecule has 0 fully saturated rings. The van der Waals surface area contributed by atoms with Crippen LogP contribution in [0.4, 0.5) is 0 Å². The van der Waals surface area contributed by atoms with Crippen LogP contribution < -0.4 is 0 Å². The molecule has 0 aliphatic carbocycles. The van der Waals surface area contributed by atoms with Gasteiger partial charge in [0, 0.05) is 0 Å². The molecule has 0 aliphatic heterocycles. The average Bonchev–Trinajstić information content (AvgIpc) is 2.08. The molecule has 0 radical (unpaired) electrons. The second-order valence-electron chi connectivity index (χ2n) is 1.66. The Morgan fingerprint density at radius 1 is 1.64 bits per heavy atom. The molecular weight excluding hydrogens is 276 g/mol. The Hall–Kier alpha value is 0.380. The average molecular weight is 278 g/mol. The molecule has 0 aliphatic rings. The highest BCUT2D eigenvalue weighted by Crippen LogP contribution is 2.33. The molecule has 1 aromatic heterocycles. The van der Waals surface area contributed by atoms with Gasteiger partial charge in [0.25, 0.3) is 0 Å². The molecule has 0 atom stereocenters. The Morgan fingerprint density at radius 2 is 2.18 bits per heavy atom. The summed E-state index contributed by atoms with van der Waals surface area (Å²) in [4.78, 5) is 0. The second kappa shape index (κ2) is 3.02. The number of halogens is 2. The Balaban J connectivity index is 3.36. The van der Waals surface area contributed by atoms with Crippen molar-refractivity contribution in [3.05, 3.63) is 14.9 Å². The maximum absolute atomic E-state index is 10.5. The van der Waals surface area contributed by atoms with E-state index in [2.05, 4.69) is 15.9 Å². The van der Waals surface area contributed by atoms with E-state index in [-0.39, 0.29) is 8.68 Å².